The van der Waals surface area contributed by atoms with Gasteiger partial charge in [-0.15, -0.1) is 0 Å². The lowest BCUT2D eigenvalue weighted by Gasteiger charge is -2.12. The Hall–Kier alpha value is -2.68. The summed E-state index contributed by atoms with van der Waals surface area (Å²) in [5.74, 6) is -0.333. The van der Waals surface area contributed by atoms with E-state index < -0.39 is 0 Å². The predicted octanol–water partition coefficient (Wildman–Crippen LogP) is 3.85. The second kappa shape index (κ2) is 6.85. The van der Waals surface area contributed by atoms with E-state index in [0.29, 0.717) is 11.1 Å². The fourth-order valence-corrected chi connectivity index (χ4v) is 2.10. The van der Waals surface area contributed by atoms with Crippen molar-refractivity contribution in [3.05, 3.63) is 71.8 Å². The molecular formula is C19H19NO2. The number of hydrogen-bond acceptors (Lipinski definition) is 3. The molecule has 0 N–H and O–H groups in total. The Bertz CT molecular complexity index is 682. The Morgan fingerprint density at radius 2 is 1.36 bits per heavy atom. The highest BCUT2D eigenvalue weighted by Gasteiger charge is 2.13. The second-order valence-corrected chi connectivity index (χ2v) is 5.29. The maximum Gasteiger partial charge on any atom is 0.170 e. The fourth-order valence-electron chi connectivity index (χ4n) is 2.10. The third kappa shape index (κ3) is 3.70. The van der Waals surface area contributed by atoms with Crippen LogP contribution in [0.3, 0.4) is 0 Å². The Morgan fingerprint density at radius 1 is 0.909 bits per heavy atom. The van der Waals surface area contributed by atoms with Gasteiger partial charge in [0.05, 0.1) is 6.42 Å². The van der Waals surface area contributed by atoms with Gasteiger partial charge < -0.3 is 4.90 Å². The van der Waals surface area contributed by atoms with Crippen LogP contribution in [0.2, 0.25) is 0 Å². The van der Waals surface area contributed by atoms with Crippen molar-refractivity contribution < 1.29 is 9.59 Å². The molecule has 0 radical (unpaired) electrons. The third-order valence-electron chi connectivity index (χ3n) is 3.50. The first-order valence-corrected chi connectivity index (χ1v) is 7.07. The van der Waals surface area contributed by atoms with Gasteiger partial charge in [-0.2, -0.15) is 0 Å². The largest absolute Gasteiger partial charge is 0.378 e. The minimum absolute atomic E-state index is 0.116. The number of hydrogen-bond donors (Lipinski definition) is 0. The number of ketones is 2. The number of Topliss-reactive ketones (excluding diaryl/α,β-unsaturated/α-hetero) is 2. The molecule has 0 unspecified atom stereocenters. The van der Waals surface area contributed by atoms with Crippen LogP contribution in [0, 0.1) is 0 Å². The normalized spacial score (nSPS) is 10.1. The van der Waals surface area contributed by atoms with Crippen LogP contribution in [0.4, 0.5) is 5.69 Å². The van der Waals surface area contributed by atoms with Crippen LogP contribution in [-0.2, 0) is 0 Å². The average molecular weight is 293 g/mol. The summed E-state index contributed by atoms with van der Waals surface area (Å²) in [5, 5.41) is 0. The summed E-state index contributed by atoms with van der Waals surface area (Å²) in [6, 6.07) is 14.3. The number of rotatable bonds is 6. The molecule has 2 aromatic carbocycles. The van der Waals surface area contributed by atoms with Gasteiger partial charge in [0.2, 0.25) is 0 Å². The molecule has 0 fully saturated rings. The van der Waals surface area contributed by atoms with Gasteiger partial charge in [-0.1, -0.05) is 36.9 Å². The predicted molar refractivity (Wildman–Crippen MR) is 90.6 cm³/mol. The maximum atomic E-state index is 12.2. The number of carbonyl (C=O) groups is 2. The first kappa shape index (κ1) is 15.7. The van der Waals surface area contributed by atoms with E-state index in [1.165, 1.54) is 0 Å². The maximum absolute atomic E-state index is 12.2. The molecular weight excluding hydrogens is 274 g/mol. The van der Waals surface area contributed by atoms with Crippen LogP contribution < -0.4 is 4.90 Å². The van der Waals surface area contributed by atoms with Gasteiger partial charge in [0.15, 0.2) is 11.6 Å². The highest BCUT2D eigenvalue weighted by Crippen LogP contribution is 2.15. The molecule has 0 saturated carbocycles. The molecule has 0 aliphatic rings. The first-order chi connectivity index (χ1) is 10.5. The van der Waals surface area contributed by atoms with Crippen molar-refractivity contribution >= 4 is 23.3 Å². The molecule has 3 nitrogen and oxygen atoms in total. The molecule has 22 heavy (non-hydrogen) atoms. The molecule has 0 saturated heterocycles. The fraction of sp³-hybridized carbons (Fsp3) is 0.158. The number of anilines is 1. The number of benzene rings is 2. The zero-order chi connectivity index (χ0) is 16.1. The molecule has 0 spiro atoms. The monoisotopic (exact) mass is 293 g/mol. The van der Waals surface area contributed by atoms with Gasteiger partial charge >= 0.3 is 0 Å². The molecule has 0 heterocycles. The Labute approximate surface area is 130 Å². The summed E-state index contributed by atoms with van der Waals surface area (Å²) in [6.45, 7) is 3.67. The van der Waals surface area contributed by atoms with Gasteiger partial charge in [-0.3, -0.25) is 9.59 Å². The number of nitrogens with zero attached hydrogens (tertiary/aromatic N) is 1. The molecule has 0 aliphatic carbocycles. The van der Waals surface area contributed by atoms with E-state index in [0.717, 1.165) is 11.3 Å². The van der Waals surface area contributed by atoms with Crippen molar-refractivity contribution in [3.63, 3.8) is 0 Å². The Balaban J connectivity index is 2.06. The Morgan fingerprint density at radius 3 is 1.77 bits per heavy atom. The van der Waals surface area contributed by atoms with Crippen LogP contribution in [0.1, 0.15) is 32.7 Å². The zero-order valence-electron chi connectivity index (χ0n) is 12.9. The van der Waals surface area contributed by atoms with E-state index in [4.69, 9.17) is 0 Å². The summed E-state index contributed by atoms with van der Waals surface area (Å²) in [5.41, 5.74) is 3.07. The smallest absolute Gasteiger partial charge is 0.170 e. The molecule has 112 valence electrons. The molecule has 2 rings (SSSR count). The van der Waals surface area contributed by atoms with Crippen molar-refractivity contribution in [1.29, 1.82) is 0 Å². The average Bonchev–Trinajstić information content (AvgIpc) is 2.54. The van der Waals surface area contributed by atoms with Crippen molar-refractivity contribution in [2.45, 2.75) is 6.42 Å². The van der Waals surface area contributed by atoms with Gasteiger partial charge in [0.1, 0.15) is 0 Å². The van der Waals surface area contributed by atoms with Crippen molar-refractivity contribution in [1.82, 2.24) is 0 Å². The van der Waals surface area contributed by atoms with E-state index in [-0.39, 0.29) is 18.0 Å². The molecule has 0 amide bonds. The van der Waals surface area contributed by atoms with Crippen LogP contribution >= 0.6 is 0 Å². The molecule has 0 aliphatic heterocycles. The van der Waals surface area contributed by atoms with E-state index >= 15 is 0 Å². The van der Waals surface area contributed by atoms with E-state index in [1.54, 1.807) is 30.3 Å². The zero-order valence-corrected chi connectivity index (χ0v) is 12.9. The standard InChI is InChI=1S/C19H19NO2/c1-4-14-5-7-15(8-6-14)18(21)13-19(22)16-9-11-17(12-10-16)20(2)3/h4-12H,1,13H2,2-3H3. The number of carbonyl (C=O) groups excluding carboxylic acids is 2. The first-order valence-electron chi connectivity index (χ1n) is 7.07. The van der Waals surface area contributed by atoms with Gasteiger partial charge in [-0.05, 0) is 29.8 Å². The summed E-state index contributed by atoms with van der Waals surface area (Å²) < 4.78 is 0. The lowest BCUT2D eigenvalue weighted by atomic mass is 10.0. The molecule has 0 aromatic heterocycles. The van der Waals surface area contributed by atoms with Gasteiger partial charge in [0, 0.05) is 30.9 Å². The summed E-state index contributed by atoms with van der Waals surface area (Å²) in [4.78, 5) is 26.3. The van der Waals surface area contributed by atoms with E-state index in [2.05, 4.69) is 6.58 Å². The quantitative estimate of drug-likeness (QED) is 0.599. The minimum Gasteiger partial charge on any atom is -0.378 e. The highest BCUT2D eigenvalue weighted by molar-refractivity contribution is 6.13. The summed E-state index contributed by atoms with van der Waals surface area (Å²) in [6.07, 6.45) is 1.60. The van der Waals surface area contributed by atoms with Crippen molar-refractivity contribution in [2.24, 2.45) is 0 Å². The molecule has 3 heteroatoms. The lowest BCUT2D eigenvalue weighted by molar-refractivity contribution is 0.0894. The van der Waals surface area contributed by atoms with Crippen LogP contribution in [0.15, 0.2) is 55.1 Å². The summed E-state index contributed by atoms with van der Waals surface area (Å²) >= 11 is 0. The second-order valence-electron chi connectivity index (χ2n) is 5.29. The Kier molecular flexibility index (Phi) is 4.89. The van der Waals surface area contributed by atoms with Crippen LogP contribution in [0.25, 0.3) is 6.08 Å². The molecule has 0 bridgehead atoms. The topological polar surface area (TPSA) is 37.4 Å². The SMILES string of the molecule is C=Cc1ccc(C(=O)CC(=O)c2ccc(N(C)C)cc2)cc1. The molecule has 2 aromatic rings. The third-order valence-corrected chi connectivity index (χ3v) is 3.50. The van der Waals surface area contributed by atoms with Gasteiger partial charge in [-0.25, -0.2) is 0 Å². The van der Waals surface area contributed by atoms with Crippen molar-refractivity contribution in [2.75, 3.05) is 19.0 Å². The van der Waals surface area contributed by atoms with Crippen LogP contribution in [0.5, 0.6) is 0 Å². The minimum atomic E-state index is -0.169. The lowest BCUT2D eigenvalue weighted by Crippen LogP contribution is -2.10. The summed E-state index contributed by atoms with van der Waals surface area (Å²) in [7, 11) is 3.88. The van der Waals surface area contributed by atoms with Crippen LogP contribution in [-0.4, -0.2) is 25.7 Å². The highest BCUT2D eigenvalue weighted by atomic mass is 16.1. The van der Waals surface area contributed by atoms with E-state index in [1.807, 2.05) is 43.3 Å². The molecule has 0 atom stereocenters. The van der Waals surface area contributed by atoms with E-state index in [9.17, 15) is 9.59 Å². The van der Waals surface area contributed by atoms with Crippen molar-refractivity contribution in [3.8, 4) is 0 Å². The van der Waals surface area contributed by atoms with Gasteiger partial charge in [0.25, 0.3) is 0 Å².